The van der Waals surface area contributed by atoms with Crippen molar-refractivity contribution in [2.24, 2.45) is 0 Å². The van der Waals surface area contributed by atoms with Crippen LogP contribution in [-0.4, -0.2) is 20.0 Å². The fourth-order valence-electron chi connectivity index (χ4n) is 0.521. The molecule has 0 unspecified atom stereocenters. The van der Waals surface area contributed by atoms with Crippen LogP contribution in [0, 0.1) is 12.3 Å². The Morgan fingerprint density at radius 2 is 1.54 bits per heavy atom. The third-order valence-electron chi connectivity index (χ3n) is 0.918. The van der Waals surface area contributed by atoms with Crippen LogP contribution < -0.4 is 0 Å². The van der Waals surface area contributed by atoms with Gasteiger partial charge in [0.2, 0.25) is 0 Å². The van der Waals surface area contributed by atoms with Gasteiger partial charge in [-0.05, 0) is 26.5 Å². The van der Waals surface area contributed by atoms with Crippen molar-refractivity contribution >= 4 is 7.92 Å². The molecule has 0 amide bonds. The fourth-order valence-corrected chi connectivity index (χ4v) is 0.521. The van der Waals surface area contributed by atoms with E-state index in [9.17, 15) is 0 Å². The zero-order valence-electron chi connectivity index (χ0n) is 8.19. The Morgan fingerprint density at radius 3 is 1.77 bits per heavy atom. The molecule has 2 radical (unpaired) electrons. The minimum atomic E-state index is 0. The molecule has 1 aromatic carbocycles. The third-order valence-corrected chi connectivity index (χ3v) is 0.918. The van der Waals surface area contributed by atoms with Crippen molar-refractivity contribution < 1.29 is 23.8 Å². The summed E-state index contributed by atoms with van der Waals surface area (Å²) >= 11 is 0. The second-order valence-electron chi connectivity index (χ2n) is 2.99. The van der Waals surface area contributed by atoms with Gasteiger partial charge in [0.25, 0.3) is 0 Å². The van der Waals surface area contributed by atoms with E-state index in [0.29, 0.717) is 0 Å². The number of hydrogen-bond acceptors (Lipinski definition) is 0. The summed E-state index contributed by atoms with van der Waals surface area (Å²) in [5.41, 5.74) is 0.826. The molecule has 0 saturated heterocycles. The van der Waals surface area contributed by atoms with Gasteiger partial charge in [-0.3, -0.25) is 0 Å². The maximum absolute atomic E-state index is 6.69. The Hall–Kier alpha value is -0.0497. The third kappa shape index (κ3) is 12.0. The number of benzene rings is 1. The Bertz CT molecular complexity index is 238. The molecule has 0 nitrogen and oxygen atoms in total. The first-order valence-electron chi connectivity index (χ1n) is 3.91. The van der Waals surface area contributed by atoms with Gasteiger partial charge in [0.05, 0.1) is 0 Å². The molecule has 0 aliphatic rings. The van der Waals surface area contributed by atoms with Crippen molar-refractivity contribution in [2.45, 2.75) is 0 Å². The summed E-state index contributed by atoms with van der Waals surface area (Å²) in [5.74, 6) is 2.28. The van der Waals surface area contributed by atoms with Gasteiger partial charge in [0, 0.05) is 49.4 Å². The maximum Gasteiger partial charge on any atom is 0.0461 e. The van der Waals surface area contributed by atoms with Crippen molar-refractivity contribution in [3.05, 3.63) is 42.3 Å². The quantitative estimate of drug-likeness (QED) is 0.371. The number of rotatable bonds is 0. The minimum Gasteiger partial charge on any atom is -0.0622 e. The zero-order chi connectivity index (χ0) is 9.40. The first kappa shape index (κ1) is 15.4. The first-order chi connectivity index (χ1) is 5.66. The van der Waals surface area contributed by atoms with Crippen LogP contribution in [0.5, 0.6) is 0 Å². The molecule has 0 atom stereocenters. The van der Waals surface area contributed by atoms with Crippen molar-refractivity contribution in [3.8, 4) is 5.92 Å². The largest absolute Gasteiger partial charge is 0.0622 e. The normalized spacial score (nSPS) is 7.62. The van der Waals surface area contributed by atoms with E-state index in [4.69, 9.17) is 6.42 Å². The monoisotopic (exact) mass is 377 g/mol. The van der Waals surface area contributed by atoms with Gasteiger partial charge in [-0.2, -0.15) is 0 Å². The summed E-state index contributed by atoms with van der Waals surface area (Å²) in [6, 6.07) is 9.37. The second-order valence-corrected chi connectivity index (χ2v) is 5.99. The zero-order valence-corrected chi connectivity index (χ0v) is 11.4. The fraction of sp³-hybridized carbons (Fsp3) is 0.273. The van der Waals surface area contributed by atoms with Crippen LogP contribution in [0.4, 0.5) is 0 Å². The predicted octanol–water partition coefficient (Wildman–Crippen LogP) is 2.96. The Kier molecular flexibility index (Phi) is 11.9. The Morgan fingerprint density at radius 1 is 1.15 bits per heavy atom. The molecule has 1 rings (SSSR count). The van der Waals surface area contributed by atoms with E-state index >= 15 is 0 Å². The van der Waals surface area contributed by atoms with Crippen LogP contribution >= 0.6 is 7.92 Å². The van der Waals surface area contributed by atoms with Crippen LogP contribution in [0.1, 0.15) is 6.99 Å². The van der Waals surface area contributed by atoms with Crippen LogP contribution in [0.15, 0.2) is 30.3 Å². The van der Waals surface area contributed by atoms with Crippen molar-refractivity contribution in [1.29, 1.82) is 0 Å². The standard InChI is InChI=1S/C8H5.C3H9P.Au.H2/c1-2-8-6-4-3-5-7-8;1-4(2)3;;/h3-7H;1-3H3;;1H/p+1. The molecule has 0 saturated carbocycles. The van der Waals surface area contributed by atoms with Crippen LogP contribution in [0.25, 0.3) is 0 Å². The van der Waals surface area contributed by atoms with Crippen molar-refractivity contribution in [2.75, 3.05) is 20.0 Å². The molecule has 0 spiro atoms. The smallest absolute Gasteiger partial charge is 0.0461 e. The summed E-state index contributed by atoms with van der Waals surface area (Å²) in [6.45, 7) is 6.81. The van der Waals surface area contributed by atoms with E-state index in [-0.39, 0.29) is 31.7 Å². The SMILES string of the molecule is C[PH+](C)C.[Au].[C]#Cc1ccccc1.[HH]. The van der Waals surface area contributed by atoms with Gasteiger partial charge in [-0.25, -0.2) is 0 Å². The molecule has 1 aromatic rings. The maximum atomic E-state index is 6.69. The van der Waals surface area contributed by atoms with E-state index in [0.717, 1.165) is 5.56 Å². The minimum absolute atomic E-state index is 0. The van der Waals surface area contributed by atoms with Crippen LogP contribution in [0.3, 0.4) is 0 Å². The second kappa shape index (κ2) is 10.0. The van der Waals surface area contributed by atoms with Crippen molar-refractivity contribution in [1.82, 2.24) is 0 Å². The summed E-state index contributed by atoms with van der Waals surface area (Å²) in [7, 11) is 0.120. The van der Waals surface area contributed by atoms with Gasteiger partial charge < -0.3 is 0 Å². The van der Waals surface area contributed by atoms with E-state index in [2.05, 4.69) is 25.9 Å². The molecule has 0 fully saturated rings. The molecule has 0 aromatic heterocycles. The van der Waals surface area contributed by atoms with Gasteiger partial charge >= 0.3 is 0 Å². The molecule has 0 aliphatic carbocycles. The summed E-state index contributed by atoms with van der Waals surface area (Å²) in [6.07, 6.45) is 6.69. The van der Waals surface area contributed by atoms with Gasteiger partial charge in [-0.1, -0.05) is 24.1 Å². The number of hydrogen-bond donors (Lipinski definition) is 0. The topological polar surface area (TPSA) is 0 Å². The molecule has 2 heteroatoms. The van der Waals surface area contributed by atoms with Gasteiger partial charge in [-0.15, -0.1) is 0 Å². The molecular formula is C11H17AuP+. The average molecular weight is 377 g/mol. The average Bonchev–Trinajstić information content (AvgIpc) is 2.05. The molecule has 0 aliphatic heterocycles. The van der Waals surface area contributed by atoms with Crippen LogP contribution in [-0.2, 0) is 22.4 Å². The first-order valence-corrected chi connectivity index (χ1v) is 6.91. The molecule has 0 heterocycles. The Balaban J connectivity index is -0.000000180. The summed E-state index contributed by atoms with van der Waals surface area (Å²) in [4.78, 5) is 0. The molecule has 0 bridgehead atoms. The molecular weight excluding hydrogens is 360 g/mol. The van der Waals surface area contributed by atoms with Crippen LogP contribution in [0.2, 0.25) is 0 Å². The van der Waals surface area contributed by atoms with E-state index in [1.165, 1.54) is 0 Å². The molecule has 13 heavy (non-hydrogen) atoms. The van der Waals surface area contributed by atoms with Crippen molar-refractivity contribution in [3.63, 3.8) is 0 Å². The predicted molar refractivity (Wildman–Crippen MR) is 60.9 cm³/mol. The van der Waals surface area contributed by atoms with Gasteiger partial charge in [0.15, 0.2) is 0 Å². The van der Waals surface area contributed by atoms with E-state index in [1.54, 1.807) is 0 Å². The summed E-state index contributed by atoms with van der Waals surface area (Å²) in [5, 5.41) is 0. The Labute approximate surface area is 99.9 Å². The van der Waals surface area contributed by atoms with E-state index < -0.39 is 0 Å². The van der Waals surface area contributed by atoms with Gasteiger partial charge in [0.1, 0.15) is 0 Å². The summed E-state index contributed by atoms with van der Waals surface area (Å²) < 4.78 is 0. The molecule has 0 N–H and O–H groups in total. The molecule has 76 valence electrons. The van der Waals surface area contributed by atoms with E-state index in [1.807, 2.05) is 30.3 Å².